The lowest BCUT2D eigenvalue weighted by Gasteiger charge is -2.42. The summed E-state index contributed by atoms with van der Waals surface area (Å²) in [6.45, 7) is 0.298. The average molecular weight is 312 g/mol. The second kappa shape index (κ2) is 7.60. The fourth-order valence-corrected chi connectivity index (χ4v) is 2.21. The second-order valence-corrected chi connectivity index (χ2v) is 4.95. The van der Waals surface area contributed by atoms with E-state index in [1.165, 1.54) is 0 Å². The predicted octanol–water partition coefficient (Wildman–Crippen LogP) is 0.619. The predicted molar refractivity (Wildman–Crippen MR) is 66.7 cm³/mol. The molecule has 0 aliphatic heterocycles. The van der Waals surface area contributed by atoms with Gasteiger partial charge in [0.25, 0.3) is 0 Å². The van der Waals surface area contributed by atoms with E-state index < -0.39 is 31.3 Å². The zero-order chi connectivity index (χ0) is 16.0. The number of carbonyl (C=O) groups excluding carboxylic acids is 1. The van der Waals surface area contributed by atoms with E-state index in [2.05, 4.69) is 10.1 Å². The Kier molecular flexibility index (Phi) is 6.41. The third kappa shape index (κ3) is 6.76. The smallest absolute Gasteiger partial charge is 0.411 e. The standard InChI is InChI=1S/C12H19F3N2O4/c1-2-17(5-11(19)20)9-3-8(4-9)16-10(18)6-21-7-12(13,14)15/h8-9H,2-7H2,1H3,(H,16,18)(H,19,20). The fraction of sp³-hybridized carbons (Fsp3) is 0.833. The van der Waals surface area contributed by atoms with E-state index in [1.54, 1.807) is 4.90 Å². The number of nitrogens with zero attached hydrogens (tertiary/aromatic N) is 1. The molecule has 6 nitrogen and oxygen atoms in total. The number of amides is 1. The van der Waals surface area contributed by atoms with Crippen LogP contribution in [0.25, 0.3) is 0 Å². The molecule has 0 atom stereocenters. The molecule has 1 aliphatic rings. The van der Waals surface area contributed by atoms with Crippen LogP contribution in [-0.2, 0) is 14.3 Å². The lowest BCUT2D eigenvalue weighted by atomic mass is 9.85. The van der Waals surface area contributed by atoms with Gasteiger partial charge < -0.3 is 15.2 Å². The van der Waals surface area contributed by atoms with Crippen LogP contribution in [0.5, 0.6) is 0 Å². The SMILES string of the molecule is CCN(CC(=O)O)C1CC(NC(=O)COCC(F)(F)F)C1. The average Bonchev–Trinajstić information content (AvgIpc) is 2.28. The van der Waals surface area contributed by atoms with Crippen molar-refractivity contribution in [3.8, 4) is 0 Å². The first-order chi connectivity index (χ1) is 9.71. The highest BCUT2D eigenvalue weighted by Gasteiger charge is 2.35. The zero-order valence-electron chi connectivity index (χ0n) is 11.7. The number of hydrogen-bond acceptors (Lipinski definition) is 4. The number of ether oxygens (including phenoxy) is 1. The van der Waals surface area contributed by atoms with E-state index in [0.29, 0.717) is 19.4 Å². The molecule has 0 aromatic carbocycles. The molecule has 0 heterocycles. The number of nitrogens with one attached hydrogen (secondary N) is 1. The maximum atomic E-state index is 11.8. The molecular formula is C12H19F3N2O4. The number of alkyl halides is 3. The van der Waals surface area contributed by atoms with E-state index >= 15 is 0 Å². The summed E-state index contributed by atoms with van der Waals surface area (Å²) in [4.78, 5) is 23.8. The Balaban J connectivity index is 2.19. The number of carboxylic acid groups (broad SMARTS) is 1. The molecule has 1 aliphatic carbocycles. The van der Waals surface area contributed by atoms with E-state index in [1.807, 2.05) is 6.92 Å². The van der Waals surface area contributed by atoms with Crippen molar-refractivity contribution in [2.24, 2.45) is 0 Å². The summed E-state index contributed by atoms with van der Waals surface area (Å²) in [5.41, 5.74) is 0. The first-order valence-corrected chi connectivity index (χ1v) is 6.61. The molecule has 1 saturated carbocycles. The summed E-state index contributed by atoms with van der Waals surface area (Å²) < 4.78 is 39.7. The minimum absolute atomic E-state index is 0.0590. The van der Waals surface area contributed by atoms with Crippen LogP contribution in [-0.4, -0.2) is 66.4 Å². The quantitative estimate of drug-likeness (QED) is 0.687. The summed E-state index contributed by atoms with van der Waals surface area (Å²) in [6, 6.07) is -0.0627. The van der Waals surface area contributed by atoms with Gasteiger partial charge in [-0.05, 0) is 19.4 Å². The molecule has 1 rings (SSSR count). The van der Waals surface area contributed by atoms with Gasteiger partial charge in [-0.3, -0.25) is 14.5 Å². The van der Waals surface area contributed by atoms with Crippen LogP contribution in [0, 0.1) is 0 Å². The molecule has 0 unspecified atom stereocenters. The van der Waals surface area contributed by atoms with Crippen molar-refractivity contribution in [1.82, 2.24) is 10.2 Å². The lowest BCUT2D eigenvalue weighted by molar-refractivity contribution is -0.176. The molecule has 122 valence electrons. The third-order valence-electron chi connectivity index (χ3n) is 3.24. The fourth-order valence-electron chi connectivity index (χ4n) is 2.21. The van der Waals surface area contributed by atoms with Crippen LogP contribution in [0.2, 0.25) is 0 Å². The molecule has 0 bridgehead atoms. The van der Waals surface area contributed by atoms with Crippen molar-refractivity contribution in [3.63, 3.8) is 0 Å². The molecular weight excluding hydrogens is 293 g/mol. The van der Waals surface area contributed by atoms with E-state index in [0.717, 1.165) is 0 Å². The topological polar surface area (TPSA) is 78.9 Å². The van der Waals surface area contributed by atoms with Gasteiger partial charge in [-0.15, -0.1) is 0 Å². The van der Waals surface area contributed by atoms with Crippen LogP contribution in [0.1, 0.15) is 19.8 Å². The van der Waals surface area contributed by atoms with Gasteiger partial charge in [0.05, 0.1) is 6.54 Å². The number of carbonyl (C=O) groups is 2. The summed E-state index contributed by atoms with van der Waals surface area (Å²) in [5, 5.41) is 11.3. The molecule has 2 N–H and O–H groups in total. The molecule has 9 heteroatoms. The summed E-state index contributed by atoms with van der Waals surface area (Å²) in [5.74, 6) is -1.51. The van der Waals surface area contributed by atoms with Crippen molar-refractivity contribution >= 4 is 11.9 Å². The van der Waals surface area contributed by atoms with Gasteiger partial charge in [-0.25, -0.2) is 0 Å². The van der Waals surface area contributed by atoms with Crippen molar-refractivity contribution in [2.45, 2.75) is 38.0 Å². The highest BCUT2D eigenvalue weighted by atomic mass is 19.4. The maximum Gasteiger partial charge on any atom is 0.411 e. The Hall–Kier alpha value is -1.35. The van der Waals surface area contributed by atoms with Gasteiger partial charge >= 0.3 is 12.1 Å². The molecule has 1 amide bonds. The van der Waals surface area contributed by atoms with E-state index in [-0.39, 0.29) is 18.6 Å². The molecule has 0 radical (unpaired) electrons. The Morgan fingerprint density at radius 2 is 2.00 bits per heavy atom. The normalized spacial score (nSPS) is 22.0. The van der Waals surface area contributed by atoms with Gasteiger partial charge in [0.15, 0.2) is 0 Å². The lowest BCUT2D eigenvalue weighted by Crippen LogP contribution is -2.55. The van der Waals surface area contributed by atoms with Gasteiger partial charge in [-0.2, -0.15) is 13.2 Å². The van der Waals surface area contributed by atoms with Gasteiger partial charge in [0, 0.05) is 12.1 Å². The van der Waals surface area contributed by atoms with Gasteiger partial charge in [0.1, 0.15) is 13.2 Å². The highest BCUT2D eigenvalue weighted by molar-refractivity contribution is 5.77. The summed E-state index contributed by atoms with van der Waals surface area (Å²) in [7, 11) is 0. The minimum atomic E-state index is -4.44. The van der Waals surface area contributed by atoms with Crippen LogP contribution in [0.4, 0.5) is 13.2 Å². The molecule has 0 saturated heterocycles. The molecule has 1 fully saturated rings. The minimum Gasteiger partial charge on any atom is -0.480 e. The first kappa shape index (κ1) is 17.7. The third-order valence-corrected chi connectivity index (χ3v) is 3.24. The van der Waals surface area contributed by atoms with E-state index in [4.69, 9.17) is 5.11 Å². The molecule has 0 aromatic heterocycles. The van der Waals surface area contributed by atoms with Crippen molar-refractivity contribution in [2.75, 3.05) is 26.3 Å². The number of likely N-dealkylation sites (N-methyl/N-ethyl adjacent to an activating group) is 1. The Morgan fingerprint density at radius 1 is 1.38 bits per heavy atom. The van der Waals surface area contributed by atoms with Crippen LogP contribution in [0.3, 0.4) is 0 Å². The Labute approximate surface area is 120 Å². The number of hydrogen-bond donors (Lipinski definition) is 2. The first-order valence-electron chi connectivity index (χ1n) is 6.61. The second-order valence-electron chi connectivity index (χ2n) is 4.95. The number of halogens is 3. The van der Waals surface area contributed by atoms with Gasteiger partial charge in [-0.1, -0.05) is 6.92 Å². The number of carboxylic acids is 1. The van der Waals surface area contributed by atoms with Crippen molar-refractivity contribution < 1.29 is 32.6 Å². The van der Waals surface area contributed by atoms with Crippen LogP contribution in [0.15, 0.2) is 0 Å². The largest absolute Gasteiger partial charge is 0.480 e. The van der Waals surface area contributed by atoms with Crippen LogP contribution >= 0.6 is 0 Å². The molecule has 0 spiro atoms. The van der Waals surface area contributed by atoms with Crippen LogP contribution < -0.4 is 5.32 Å². The molecule has 0 aromatic rings. The molecule has 21 heavy (non-hydrogen) atoms. The zero-order valence-corrected chi connectivity index (χ0v) is 11.7. The maximum absolute atomic E-state index is 11.8. The number of aliphatic carboxylic acids is 1. The van der Waals surface area contributed by atoms with Gasteiger partial charge in [0.2, 0.25) is 5.91 Å². The van der Waals surface area contributed by atoms with Crippen molar-refractivity contribution in [1.29, 1.82) is 0 Å². The Morgan fingerprint density at radius 3 is 2.48 bits per heavy atom. The Bertz CT molecular complexity index is 370. The highest BCUT2D eigenvalue weighted by Crippen LogP contribution is 2.25. The number of rotatable bonds is 8. The van der Waals surface area contributed by atoms with Crippen molar-refractivity contribution in [3.05, 3.63) is 0 Å². The summed E-state index contributed by atoms with van der Waals surface area (Å²) in [6.07, 6.45) is -3.27. The summed E-state index contributed by atoms with van der Waals surface area (Å²) >= 11 is 0. The monoisotopic (exact) mass is 312 g/mol. The van der Waals surface area contributed by atoms with E-state index in [9.17, 15) is 22.8 Å².